The highest BCUT2D eigenvalue weighted by Gasteiger charge is 2.71. The minimum absolute atomic E-state index is 0.0535. The van der Waals surface area contributed by atoms with Crippen molar-refractivity contribution in [1.29, 1.82) is 0 Å². The molecule has 3 aliphatic carbocycles. The molecule has 3 aliphatic rings. The van der Waals surface area contributed by atoms with Crippen molar-refractivity contribution in [3.05, 3.63) is 0 Å². The summed E-state index contributed by atoms with van der Waals surface area (Å²) in [6.45, 7) is 5.52. The number of carboxylic acids is 1. The summed E-state index contributed by atoms with van der Waals surface area (Å²) in [6, 6.07) is 0. The molecule has 0 heterocycles. The number of carbonyl (C=O) groups is 2. The van der Waals surface area contributed by atoms with E-state index in [-0.39, 0.29) is 23.5 Å². The zero-order chi connectivity index (χ0) is 13.8. The average Bonchev–Trinajstić information content (AvgIpc) is 2.04. The number of hydrogen-bond acceptors (Lipinski definition) is 3. The molecule has 0 atom stereocenters. The van der Waals surface area contributed by atoms with Crippen molar-refractivity contribution in [1.82, 2.24) is 4.90 Å². The lowest BCUT2D eigenvalue weighted by atomic mass is 9.38. The molecule has 2 bridgehead atoms. The molecule has 0 aliphatic heterocycles. The van der Waals surface area contributed by atoms with Crippen molar-refractivity contribution in [2.24, 2.45) is 5.41 Å². The van der Waals surface area contributed by atoms with Gasteiger partial charge in [-0.15, -0.1) is 0 Å². The predicted molar refractivity (Wildman–Crippen MR) is 65.3 cm³/mol. The highest BCUT2D eigenvalue weighted by Crippen LogP contribution is 2.71. The van der Waals surface area contributed by atoms with Crippen LogP contribution in [-0.4, -0.2) is 40.3 Å². The lowest BCUT2D eigenvalue weighted by Crippen LogP contribution is -2.75. The molecule has 1 N–H and O–H groups in total. The summed E-state index contributed by atoms with van der Waals surface area (Å²) in [5.41, 5.74) is -0.687. The Bertz CT molecular complexity index is 377. The van der Waals surface area contributed by atoms with E-state index in [1.165, 1.54) is 0 Å². The highest BCUT2D eigenvalue weighted by atomic mass is 16.6. The quantitative estimate of drug-likeness (QED) is 0.840. The summed E-state index contributed by atoms with van der Waals surface area (Å²) in [5, 5.41) is 8.82. The van der Waals surface area contributed by atoms with Gasteiger partial charge < -0.3 is 14.7 Å². The molecule has 3 rings (SSSR count). The first-order valence-corrected chi connectivity index (χ1v) is 6.26. The molecule has 0 aromatic carbocycles. The van der Waals surface area contributed by atoms with Crippen LogP contribution in [0.5, 0.6) is 0 Å². The van der Waals surface area contributed by atoms with Crippen LogP contribution in [0, 0.1) is 5.41 Å². The monoisotopic (exact) mass is 255 g/mol. The Labute approximate surface area is 107 Å². The molecular formula is C13H21NO4. The van der Waals surface area contributed by atoms with Gasteiger partial charge >= 0.3 is 12.1 Å². The fourth-order valence-corrected chi connectivity index (χ4v) is 3.33. The third-order valence-electron chi connectivity index (χ3n) is 4.02. The number of amides is 1. The van der Waals surface area contributed by atoms with Crippen LogP contribution in [0.3, 0.4) is 0 Å². The van der Waals surface area contributed by atoms with Crippen molar-refractivity contribution in [2.75, 3.05) is 7.05 Å². The summed E-state index contributed by atoms with van der Waals surface area (Å²) in [5.74, 6) is -0.747. The summed E-state index contributed by atoms with van der Waals surface area (Å²) >= 11 is 0. The van der Waals surface area contributed by atoms with Gasteiger partial charge in [-0.2, -0.15) is 0 Å². The smallest absolute Gasteiger partial charge is 0.410 e. The van der Waals surface area contributed by atoms with Crippen molar-refractivity contribution < 1.29 is 19.4 Å². The lowest BCUT2D eigenvalue weighted by molar-refractivity contribution is -0.212. The molecule has 0 radical (unpaired) electrons. The van der Waals surface area contributed by atoms with Gasteiger partial charge in [0.15, 0.2) is 0 Å². The maximum atomic E-state index is 11.9. The topological polar surface area (TPSA) is 66.8 Å². The van der Waals surface area contributed by atoms with Crippen LogP contribution in [0.2, 0.25) is 0 Å². The maximum absolute atomic E-state index is 11.9. The minimum Gasteiger partial charge on any atom is -0.481 e. The van der Waals surface area contributed by atoms with Crippen molar-refractivity contribution >= 4 is 12.1 Å². The first-order valence-electron chi connectivity index (χ1n) is 6.26. The molecule has 0 unspecified atom stereocenters. The van der Waals surface area contributed by atoms with Gasteiger partial charge in [-0.05, 0) is 45.4 Å². The largest absolute Gasteiger partial charge is 0.481 e. The van der Waals surface area contributed by atoms with E-state index in [2.05, 4.69) is 0 Å². The van der Waals surface area contributed by atoms with Gasteiger partial charge in [-0.1, -0.05) is 0 Å². The van der Waals surface area contributed by atoms with Crippen LogP contribution in [0.4, 0.5) is 4.79 Å². The van der Waals surface area contributed by atoms with E-state index >= 15 is 0 Å². The standard InChI is InChI=1S/C13H21NO4/c1-11(2,3)18-10(17)14(4)13-6-12(7-13,8-13)5-9(15)16/h5-8H2,1-4H3,(H,15,16). The molecule has 0 aromatic heterocycles. The molecule has 0 aromatic rings. The van der Waals surface area contributed by atoms with Crippen LogP contribution in [0.15, 0.2) is 0 Å². The molecule has 18 heavy (non-hydrogen) atoms. The molecule has 0 saturated heterocycles. The third kappa shape index (κ3) is 2.06. The van der Waals surface area contributed by atoms with Crippen LogP contribution < -0.4 is 0 Å². The normalized spacial score (nSPS) is 33.1. The number of carboxylic acid groups (broad SMARTS) is 1. The number of hydrogen-bond donors (Lipinski definition) is 1. The lowest BCUT2D eigenvalue weighted by Gasteiger charge is -2.72. The molecule has 3 fully saturated rings. The Balaban J connectivity index is 1.89. The molecule has 5 heteroatoms. The average molecular weight is 255 g/mol. The Kier molecular flexibility index (Phi) is 2.65. The SMILES string of the molecule is CN(C(=O)OC(C)(C)C)C12CC(CC(=O)O)(C1)C2. The number of nitrogens with zero attached hydrogens (tertiary/aromatic N) is 1. The Hall–Kier alpha value is -1.26. The van der Waals surface area contributed by atoms with E-state index < -0.39 is 11.6 Å². The molecule has 5 nitrogen and oxygen atoms in total. The molecule has 3 saturated carbocycles. The van der Waals surface area contributed by atoms with Gasteiger partial charge in [-0.25, -0.2) is 4.79 Å². The molecule has 1 amide bonds. The van der Waals surface area contributed by atoms with Crippen LogP contribution in [0.25, 0.3) is 0 Å². The van der Waals surface area contributed by atoms with Gasteiger partial charge in [0.25, 0.3) is 0 Å². The Morgan fingerprint density at radius 3 is 2.17 bits per heavy atom. The van der Waals surface area contributed by atoms with E-state index in [9.17, 15) is 9.59 Å². The number of aliphatic carboxylic acids is 1. The van der Waals surface area contributed by atoms with Gasteiger partial charge in [-0.3, -0.25) is 4.79 Å². The first kappa shape index (κ1) is 13.2. The van der Waals surface area contributed by atoms with Gasteiger partial charge in [0.1, 0.15) is 5.60 Å². The fraction of sp³-hybridized carbons (Fsp3) is 0.846. The van der Waals surface area contributed by atoms with Crippen LogP contribution >= 0.6 is 0 Å². The molecular weight excluding hydrogens is 234 g/mol. The summed E-state index contributed by atoms with van der Waals surface area (Å²) < 4.78 is 5.33. The zero-order valence-corrected chi connectivity index (χ0v) is 11.4. The summed E-state index contributed by atoms with van der Waals surface area (Å²) in [6.07, 6.45) is 2.29. The van der Waals surface area contributed by atoms with Gasteiger partial charge in [0.2, 0.25) is 0 Å². The second-order valence-electron chi connectivity index (χ2n) is 6.86. The first-order chi connectivity index (χ1) is 8.08. The molecule has 0 spiro atoms. The Morgan fingerprint density at radius 1 is 1.28 bits per heavy atom. The summed E-state index contributed by atoms with van der Waals surface area (Å²) in [7, 11) is 1.75. The van der Waals surface area contributed by atoms with Crippen molar-refractivity contribution in [2.45, 2.75) is 57.6 Å². The zero-order valence-electron chi connectivity index (χ0n) is 11.4. The fourth-order valence-electron chi connectivity index (χ4n) is 3.33. The second kappa shape index (κ2) is 3.62. The van der Waals surface area contributed by atoms with Gasteiger partial charge in [0.05, 0.1) is 6.42 Å². The number of carbonyl (C=O) groups excluding carboxylic acids is 1. The van der Waals surface area contributed by atoms with Gasteiger partial charge in [0, 0.05) is 12.6 Å². The van der Waals surface area contributed by atoms with Crippen molar-refractivity contribution in [3.8, 4) is 0 Å². The number of ether oxygens (including phenoxy) is 1. The highest BCUT2D eigenvalue weighted by molar-refractivity contribution is 5.72. The van der Waals surface area contributed by atoms with E-state index in [4.69, 9.17) is 9.84 Å². The third-order valence-corrected chi connectivity index (χ3v) is 4.02. The second-order valence-corrected chi connectivity index (χ2v) is 6.86. The predicted octanol–water partition coefficient (Wildman–Crippen LogP) is 2.25. The van der Waals surface area contributed by atoms with Crippen LogP contribution in [-0.2, 0) is 9.53 Å². The minimum atomic E-state index is -0.747. The van der Waals surface area contributed by atoms with E-state index in [1.807, 2.05) is 20.8 Å². The van der Waals surface area contributed by atoms with E-state index in [1.54, 1.807) is 11.9 Å². The summed E-state index contributed by atoms with van der Waals surface area (Å²) in [4.78, 5) is 24.3. The maximum Gasteiger partial charge on any atom is 0.410 e. The number of rotatable bonds is 3. The van der Waals surface area contributed by atoms with Crippen LogP contribution in [0.1, 0.15) is 46.5 Å². The van der Waals surface area contributed by atoms with Crippen molar-refractivity contribution in [3.63, 3.8) is 0 Å². The van der Waals surface area contributed by atoms with E-state index in [0.29, 0.717) is 0 Å². The molecule has 102 valence electrons. The Morgan fingerprint density at radius 2 is 1.78 bits per heavy atom. The van der Waals surface area contributed by atoms with E-state index in [0.717, 1.165) is 19.3 Å².